The highest BCUT2D eigenvalue weighted by Crippen LogP contribution is 2.24. The van der Waals surface area contributed by atoms with Gasteiger partial charge >= 0.3 is 0 Å². The van der Waals surface area contributed by atoms with E-state index in [0.717, 1.165) is 24.4 Å². The Morgan fingerprint density at radius 2 is 2.10 bits per heavy atom. The molecule has 1 aliphatic carbocycles. The van der Waals surface area contributed by atoms with Gasteiger partial charge in [0.05, 0.1) is 0 Å². The third-order valence-corrected chi connectivity index (χ3v) is 4.19. The zero-order valence-corrected chi connectivity index (χ0v) is 12.7. The maximum atomic E-state index is 12.4. The molecule has 20 heavy (non-hydrogen) atoms. The summed E-state index contributed by atoms with van der Waals surface area (Å²) in [5, 5.41) is 6.21. The van der Waals surface area contributed by atoms with Crippen LogP contribution in [-0.4, -0.2) is 24.0 Å². The van der Waals surface area contributed by atoms with Crippen molar-refractivity contribution in [3.63, 3.8) is 0 Å². The molecule has 1 fully saturated rings. The molecule has 0 spiro atoms. The first-order chi connectivity index (χ1) is 9.63. The Balaban J connectivity index is 2.11. The van der Waals surface area contributed by atoms with Crippen LogP contribution in [0.25, 0.3) is 0 Å². The Hall–Kier alpha value is -1.58. The Bertz CT molecular complexity index is 451. The van der Waals surface area contributed by atoms with Crippen molar-refractivity contribution in [2.75, 3.05) is 12.4 Å². The van der Waals surface area contributed by atoms with Crippen LogP contribution in [0.1, 0.15) is 55.6 Å². The molecule has 1 aromatic heterocycles. The number of anilines is 1. The number of nitrogens with one attached hydrogen (secondary N) is 2. The van der Waals surface area contributed by atoms with Crippen LogP contribution in [0.4, 0.5) is 5.82 Å². The molecule has 0 aliphatic heterocycles. The monoisotopic (exact) mass is 275 g/mol. The van der Waals surface area contributed by atoms with Crippen molar-refractivity contribution in [1.29, 1.82) is 0 Å². The van der Waals surface area contributed by atoms with Gasteiger partial charge in [-0.15, -0.1) is 0 Å². The summed E-state index contributed by atoms with van der Waals surface area (Å²) < 4.78 is 0. The minimum absolute atomic E-state index is 0.0253. The highest BCUT2D eigenvalue weighted by molar-refractivity contribution is 5.95. The van der Waals surface area contributed by atoms with Crippen LogP contribution in [0.2, 0.25) is 0 Å². The van der Waals surface area contributed by atoms with Crippen molar-refractivity contribution in [3.05, 3.63) is 23.4 Å². The number of nitrogens with zero attached hydrogens (tertiary/aromatic N) is 1. The van der Waals surface area contributed by atoms with E-state index in [1.165, 1.54) is 19.3 Å². The van der Waals surface area contributed by atoms with E-state index < -0.39 is 0 Å². The lowest BCUT2D eigenvalue weighted by molar-refractivity contribution is 0.0910. The van der Waals surface area contributed by atoms with Gasteiger partial charge in [-0.25, -0.2) is 4.98 Å². The number of carbonyl (C=O) groups is 1. The first-order valence-corrected chi connectivity index (χ1v) is 7.63. The quantitative estimate of drug-likeness (QED) is 0.888. The average Bonchev–Trinajstić information content (AvgIpc) is 2.48. The summed E-state index contributed by atoms with van der Waals surface area (Å²) in [4.78, 5) is 16.9. The molecule has 0 radical (unpaired) electrons. The predicted molar refractivity (Wildman–Crippen MR) is 82.0 cm³/mol. The molecule has 1 saturated carbocycles. The van der Waals surface area contributed by atoms with E-state index in [2.05, 4.69) is 22.5 Å². The molecule has 2 rings (SSSR count). The van der Waals surface area contributed by atoms with Crippen LogP contribution in [-0.2, 0) is 6.42 Å². The van der Waals surface area contributed by atoms with Crippen molar-refractivity contribution in [1.82, 2.24) is 10.3 Å². The molecule has 2 N–H and O–H groups in total. The maximum absolute atomic E-state index is 12.4. The molecule has 0 aromatic carbocycles. The number of pyridine rings is 1. The van der Waals surface area contributed by atoms with Gasteiger partial charge in [0, 0.05) is 24.3 Å². The van der Waals surface area contributed by atoms with Crippen LogP contribution >= 0.6 is 0 Å². The van der Waals surface area contributed by atoms with E-state index in [0.29, 0.717) is 17.5 Å². The van der Waals surface area contributed by atoms with Crippen molar-refractivity contribution in [2.24, 2.45) is 5.92 Å². The smallest absolute Gasteiger partial charge is 0.251 e. The van der Waals surface area contributed by atoms with Gasteiger partial charge in [-0.1, -0.05) is 26.7 Å². The Morgan fingerprint density at radius 1 is 1.35 bits per heavy atom. The molecule has 4 heteroatoms. The molecule has 1 aliphatic rings. The lowest BCUT2D eigenvalue weighted by Gasteiger charge is -2.29. The number of hydrogen-bond donors (Lipinski definition) is 2. The lowest BCUT2D eigenvalue weighted by atomic mass is 9.86. The Kier molecular flexibility index (Phi) is 4.99. The first kappa shape index (κ1) is 14.8. The molecule has 2 unspecified atom stereocenters. The molecule has 0 saturated heterocycles. The lowest BCUT2D eigenvalue weighted by Crippen LogP contribution is -2.41. The number of amides is 1. The third-order valence-electron chi connectivity index (χ3n) is 4.19. The predicted octanol–water partition coefficient (Wildman–Crippen LogP) is 2.99. The fraction of sp³-hybridized carbons (Fsp3) is 0.625. The number of aromatic nitrogens is 1. The molecule has 2 atom stereocenters. The standard InChI is InChI=1S/C16H25N3O/c1-4-13-9-12(10-15(17-3)18-13)16(20)19-14-8-6-5-7-11(14)2/h9-11,14H,4-8H2,1-3H3,(H,17,18)(H,19,20). The Morgan fingerprint density at radius 3 is 2.75 bits per heavy atom. The summed E-state index contributed by atoms with van der Waals surface area (Å²) in [6, 6.07) is 4.03. The van der Waals surface area contributed by atoms with E-state index in [9.17, 15) is 4.79 Å². The SMILES string of the molecule is CCc1cc(C(=O)NC2CCCCC2C)cc(NC)n1. The zero-order chi connectivity index (χ0) is 14.5. The minimum Gasteiger partial charge on any atom is -0.373 e. The van der Waals surface area contributed by atoms with E-state index in [4.69, 9.17) is 0 Å². The highest BCUT2D eigenvalue weighted by atomic mass is 16.1. The topological polar surface area (TPSA) is 54.0 Å². The van der Waals surface area contributed by atoms with E-state index in [1.54, 1.807) is 0 Å². The molecule has 0 bridgehead atoms. The molecule has 1 aromatic rings. The first-order valence-electron chi connectivity index (χ1n) is 7.63. The molecular weight excluding hydrogens is 250 g/mol. The van der Waals surface area contributed by atoms with E-state index in [1.807, 2.05) is 26.1 Å². The third kappa shape index (κ3) is 3.50. The van der Waals surface area contributed by atoms with Gasteiger partial charge in [0.2, 0.25) is 0 Å². The van der Waals surface area contributed by atoms with Crippen molar-refractivity contribution in [3.8, 4) is 0 Å². The summed E-state index contributed by atoms with van der Waals surface area (Å²) >= 11 is 0. The minimum atomic E-state index is 0.0253. The second-order valence-corrected chi connectivity index (χ2v) is 5.68. The number of aryl methyl sites for hydroxylation is 1. The summed E-state index contributed by atoms with van der Waals surface area (Å²) in [6.45, 7) is 4.28. The molecule has 1 heterocycles. The molecule has 110 valence electrons. The average molecular weight is 275 g/mol. The van der Waals surface area contributed by atoms with Crippen LogP contribution in [0, 0.1) is 5.92 Å². The summed E-state index contributed by atoms with van der Waals surface area (Å²) in [6.07, 6.45) is 5.64. The van der Waals surface area contributed by atoms with Gasteiger partial charge in [0.1, 0.15) is 5.82 Å². The summed E-state index contributed by atoms with van der Waals surface area (Å²) in [5.41, 5.74) is 1.65. The van der Waals surface area contributed by atoms with Crippen LogP contribution in [0.5, 0.6) is 0 Å². The second-order valence-electron chi connectivity index (χ2n) is 5.68. The summed E-state index contributed by atoms with van der Waals surface area (Å²) in [7, 11) is 1.83. The van der Waals surface area contributed by atoms with Crippen molar-refractivity contribution < 1.29 is 4.79 Å². The Labute approximate surface area is 121 Å². The normalized spacial score (nSPS) is 22.4. The van der Waals surface area contributed by atoms with Gasteiger partial charge in [0.15, 0.2) is 0 Å². The van der Waals surface area contributed by atoms with Gasteiger partial charge in [-0.2, -0.15) is 0 Å². The molecular formula is C16H25N3O. The van der Waals surface area contributed by atoms with Crippen molar-refractivity contribution >= 4 is 11.7 Å². The fourth-order valence-electron chi connectivity index (χ4n) is 2.81. The summed E-state index contributed by atoms with van der Waals surface area (Å²) in [5.74, 6) is 1.35. The van der Waals surface area contributed by atoms with Crippen LogP contribution in [0.3, 0.4) is 0 Å². The zero-order valence-electron chi connectivity index (χ0n) is 12.7. The van der Waals surface area contributed by atoms with Gasteiger partial charge in [-0.3, -0.25) is 4.79 Å². The molecule has 4 nitrogen and oxygen atoms in total. The second kappa shape index (κ2) is 6.73. The van der Waals surface area contributed by atoms with Crippen molar-refractivity contribution in [2.45, 2.75) is 52.0 Å². The van der Waals surface area contributed by atoms with E-state index in [-0.39, 0.29) is 5.91 Å². The number of rotatable bonds is 4. The maximum Gasteiger partial charge on any atom is 0.251 e. The fourth-order valence-corrected chi connectivity index (χ4v) is 2.81. The van der Waals surface area contributed by atoms with Gasteiger partial charge in [0.25, 0.3) is 5.91 Å². The van der Waals surface area contributed by atoms with Gasteiger partial charge < -0.3 is 10.6 Å². The van der Waals surface area contributed by atoms with Gasteiger partial charge in [-0.05, 0) is 37.3 Å². The van der Waals surface area contributed by atoms with E-state index >= 15 is 0 Å². The highest BCUT2D eigenvalue weighted by Gasteiger charge is 2.23. The molecule has 1 amide bonds. The van der Waals surface area contributed by atoms with Crippen LogP contribution in [0.15, 0.2) is 12.1 Å². The number of carbonyl (C=O) groups excluding carboxylic acids is 1. The van der Waals surface area contributed by atoms with Crippen LogP contribution < -0.4 is 10.6 Å². The number of hydrogen-bond acceptors (Lipinski definition) is 3. The largest absolute Gasteiger partial charge is 0.373 e.